The second kappa shape index (κ2) is 3.99. The van der Waals surface area contributed by atoms with Crippen LogP contribution in [0.5, 0.6) is 0 Å². The van der Waals surface area contributed by atoms with Crippen molar-refractivity contribution in [3.8, 4) is 0 Å². The van der Waals surface area contributed by atoms with Gasteiger partial charge >= 0.3 is 0 Å². The van der Waals surface area contributed by atoms with Crippen LogP contribution in [0.3, 0.4) is 0 Å². The van der Waals surface area contributed by atoms with Gasteiger partial charge in [-0.15, -0.1) is 0 Å². The zero-order valence-corrected chi connectivity index (χ0v) is 8.24. The van der Waals surface area contributed by atoms with Crippen LogP contribution in [0.4, 0.5) is 8.78 Å². The molecule has 0 radical (unpaired) electrons. The van der Waals surface area contributed by atoms with Gasteiger partial charge < -0.3 is 0 Å². The Morgan fingerprint density at radius 1 is 1.33 bits per heavy atom. The largest absolute Gasteiger partial charge is 0.207 e. The molecule has 0 aliphatic rings. The molecule has 3 heteroatoms. The molecule has 66 valence electrons. The van der Waals surface area contributed by atoms with Crippen LogP contribution in [0.15, 0.2) is 18.2 Å². The maximum absolute atomic E-state index is 13.0. The lowest BCUT2D eigenvalue weighted by Crippen LogP contribution is -1.97. The van der Waals surface area contributed by atoms with Crippen LogP contribution in [0, 0.1) is 11.6 Å². The number of hydrogen-bond acceptors (Lipinski definition) is 0. The number of halogens is 3. The number of hydrogen-bond donors (Lipinski definition) is 0. The minimum absolute atomic E-state index is 0.125. The fourth-order valence-electron chi connectivity index (χ4n) is 1.01. The highest BCUT2D eigenvalue weighted by molar-refractivity contribution is 9.09. The molecular formula is C9H9BrF2. The van der Waals surface area contributed by atoms with E-state index in [-0.39, 0.29) is 10.4 Å². The van der Waals surface area contributed by atoms with Crippen molar-refractivity contribution in [3.63, 3.8) is 0 Å². The van der Waals surface area contributed by atoms with Gasteiger partial charge in [0.1, 0.15) is 11.6 Å². The third kappa shape index (κ3) is 1.83. The Hall–Kier alpha value is -0.440. The van der Waals surface area contributed by atoms with Crippen LogP contribution in [0.25, 0.3) is 0 Å². The summed E-state index contributed by atoms with van der Waals surface area (Å²) in [5.41, 5.74) is 0.125. The summed E-state index contributed by atoms with van der Waals surface area (Å²) in [4.78, 5) is -0.237. The van der Waals surface area contributed by atoms with Crippen molar-refractivity contribution in [1.82, 2.24) is 0 Å². The Morgan fingerprint density at radius 3 is 2.25 bits per heavy atom. The van der Waals surface area contributed by atoms with Gasteiger partial charge in [0.15, 0.2) is 0 Å². The van der Waals surface area contributed by atoms with E-state index < -0.39 is 11.6 Å². The zero-order valence-electron chi connectivity index (χ0n) is 6.65. The van der Waals surface area contributed by atoms with Crippen molar-refractivity contribution in [2.24, 2.45) is 0 Å². The van der Waals surface area contributed by atoms with E-state index in [0.29, 0.717) is 6.42 Å². The van der Waals surface area contributed by atoms with E-state index in [9.17, 15) is 8.78 Å². The predicted molar refractivity (Wildman–Crippen MR) is 48.3 cm³/mol. The predicted octanol–water partition coefficient (Wildman–Crippen LogP) is 3.81. The summed E-state index contributed by atoms with van der Waals surface area (Å²) in [6.45, 7) is 1.87. The lowest BCUT2D eigenvalue weighted by atomic mass is 10.1. The Kier molecular flexibility index (Phi) is 3.20. The lowest BCUT2D eigenvalue weighted by molar-refractivity contribution is 0.552. The van der Waals surface area contributed by atoms with Gasteiger partial charge in [-0.25, -0.2) is 8.78 Å². The summed E-state index contributed by atoms with van der Waals surface area (Å²) >= 11 is 3.21. The first-order chi connectivity index (χ1) is 5.66. The highest BCUT2D eigenvalue weighted by Crippen LogP contribution is 2.30. The molecule has 12 heavy (non-hydrogen) atoms. The zero-order chi connectivity index (χ0) is 9.14. The molecular weight excluding hydrogens is 226 g/mol. The minimum Gasteiger partial charge on any atom is -0.207 e. The average molecular weight is 235 g/mol. The van der Waals surface area contributed by atoms with E-state index in [0.717, 1.165) is 0 Å². The Bertz CT molecular complexity index is 253. The first-order valence-electron chi connectivity index (χ1n) is 3.74. The van der Waals surface area contributed by atoms with Crippen LogP contribution in [-0.4, -0.2) is 0 Å². The van der Waals surface area contributed by atoms with E-state index in [2.05, 4.69) is 15.9 Å². The van der Waals surface area contributed by atoms with Crippen molar-refractivity contribution in [2.45, 2.75) is 18.2 Å². The Morgan fingerprint density at radius 2 is 1.83 bits per heavy atom. The number of rotatable bonds is 2. The molecule has 0 fully saturated rings. The molecule has 0 aliphatic carbocycles. The van der Waals surface area contributed by atoms with Gasteiger partial charge in [-0.3, -0.25) is 0 Å². The number of benzene rings is 1. The van der Waals surface area contributed by atoms with E-state index in [1.54, 1.807) is 0 Å². The van der Waals surface area contributed by atoms with Crippen LogP contribution in [0.1, 0.15) is 23.7 Å². The van der Waals surface area contributed by atoms with Gasteiger partial charge in [0, 0.05) is 10.4 Å². The molecule has 1 unspecified atom stereocenters. The van der Waals surface area contributed by atoms with Crippen LogP contribution >= 0.6 is 15.9 Å². The molecule has 1 atom stereocenters. The molecule has 0 aliphatic heterocycles. The summed E-state index contributed by atoms with van der Waals surface area (Å²) < 4.78 is 26.0. The lowest BCUT2D eigenvalue weighted by Gasteiger charge is -2.08. The molecule has 0 N–H and O–H groups in total. The van der Waals surface area contributed by atoms with Gasteiger partial charge in [0.2, 0.25) is 0 Å². The normalized spacial score (nSPS) is 13.0. The number of alkyl halides is 1. The van der Waals surface area contributed by atoms with Crippen molar-refractivity contribution >= 4 is 15.9 Å². The Balaban J connectivity index is 3.12. The molecule has 1 rings (SSSR count). The fourth-order valence-corrected chi connectivity index (χ4v) is 1.45. The van der Waals surface area contributed by atoms with Crippen molar-refractivity contribution < 1.29 is 8.78 Å². The molecule has 0 amide bonds. The molecule has 0 saturated heterocycles. The second-order valence-electron chi connectivity index (χ2n) is 2.51. The standard InChI is InChI=1S/C9H9BrF2/c1-2-6(10)9-7(11)4-3-5-8(9)12/h3-6H,2H2,1H3. The van der Waals surface area contributed by atoms with Gasteiger partial charge in [-0.2, -0.15) is 0 Å². The van der Waals surface area contributed by atoms with E-state index in [4.69, 9.17) is 0 Å². The highest BCUT2D eigenvalue weighted by Gasteiger charge is 2.14. The molecule has 0 saturated carbocycles. The first kappa shape index (κ1) is 9.65. The van der Waals surface area contributed by atoms with Crippen LogP contribution in [-0.2, 0) is 0 Å². The van der Waals surface area contributed by atoms with E-state index >= 15 is 0 Å². The molecule has 0 spiro atoms. The maximum atomic E-state index is 13.0. The van der Waals surface area contributed by atoms with Gasteiger partial charge in [0.25, 0.3) is 0 Å². The Labute approximate surface area is 78.7 Å². The molecule has 1 aromatic rings. The summed E-state index contributed by atoms with van der Waals surface area (Å²) in [7, 11) is 0. The molecule has 0 nitrogen and oxygen atoms in total. The van der Waals surface area contributed by atoms with Gasteiger partial charge in [0.05, 0.1) is 0 Å². The quantitative estimate of drug-likeness (QED) is 0.683. The SMILES string of the molecule is CCC(Br)c1c(F)cccc1F. The van der Waals surface area contributed by atoms with Crippen molar-refractivity contribution in [1.29, 1.82) is 0 Å². The maximum Gasteiger partial charge on any atom is 0.130 e. The van der Waals surface area contributed by atoms with Gasteiger partial charge in [-0.1, -0.05) is 28.9 Å². The summed E-state index contributed by atoms with van der Waals surface area (Å²) in [5.74, 6) is -0.975. The van der Waals surface area contributed by atoms with Crippen molar-refractivity contribution in [2.75, 3.05) is 0 Å². The van der Waals surface area contributed by atoms with Crippen LogP contribution < -0.4 is 0 Å². The minimum atomic E-state index is -0.487. The van der Waals surface area contributed by atoms with Gasteiger partial charge in [-0.05, 0) is 18.6 Å². The molecule has 0 bridgehead atoms. The van der Waals surface area contributed by atoms with E-state index in [1.807, 2.05) is 6.92 Å². The topological polar surface area (TPSA) is 0 Å². The molecule has 1 aromatic carbocycles. The third-order valence-corrected chi connectivity index (χ3v) is 2.78. The highest BCUT2D eigenvalue weighted by atomic mass is 79.9. The summed E-state index contributed by atoms with van der Waals surface area (Å²) in [6.07, 6.45) is 0.665. The molecule has 0 heterocycles. The summed E-state index contributed by atoms with van der Waals surface area (Å²) in [5, 5.41) is 0. The van der Waals surface area contributed by atoms with E-state index in [1.165, 1.54) is 18.2 Å². The first-order valence-corrected chi connectivity index (χ1v) is 4.66. The van der Waals surface area contributed by atoms with Crippen LogP contribution in [0.2, 0.25) is 0 Å². The monoisotopic (exact) mass is 234 g/mol. The smallest absolute Gasteiger partial charge is 0.130 e. The average Bonchev–Trinajstić information content (AvgIpc) is 2.03. The molecule has 0 aromatic heterocycles. The third-order valence-electron chi connectivity index (χ3n) is 1.67. The summed E-state index contributed by atoms with van der Waals surface area (Å²) in [6, 6.07) is 3.90. The van der Waals surface area contributed by atoms with Crippen molar-refractivity contribution in [3.05, 3.63) is 35.4 Å². The fraction of sp³-hybridized carbons (Fsp3) is 0.333. The second-order valence-corrected chi connectivity index (χ2v) is 3.62.